The quantitative estimate of drug-likeness (QED) is 0.397. The minimum Gasteiger partial charge on any atom is -2.00 e. The summed E-state index contributed by atoms with van der Waals surface area (Å²) in [6, 6.07) is 0. The van der Waals surface area contributed by atoms with E-state index in [1.54, 1.807) is 0 Å². The molecule has 23 valence electrons. The van der Waals surface area contributed by atoms with E-state index >= 15 is 0 Å². The van der Waals surface area contributed by atoms with Crippen LogP contribution < -0.4 is 0 Å². The molecule has 0 aromatic carbocycles. The van der Waals surface area contributed by atoms with Crippen molar-refractivity contribution in [1.82, 2.24) is 0 Å². The van der Waals surface area contributed by atoms with Crippen LogP contribution in [0.25, 0.3) is 0 Å². The first kappa shape index (κ1) is 248. The van der Waals surface area contributed by atoms with E-state index in [4.69, 9.17) is 0 Å². The zero-order chi connectivity index (χ0) is 0. The molecule has 0 rings (SSSR count). The predicted molar refractivity (Wildman–Crippen MR) is 2.06 cm³/mol. The first-order chi connectivity index (χ1) is 0. The third-order valence-corrected chi connectivity index (χ3v) is 0. The minimum absolute atomic E-state index is 0. The van der Waals surface area contributed by atoms with Crippen molar-refractivity contribution in [2.24, 2.45) is 0 Å². The van der Waals surface area contributed by atoms with Gasteiger partial charge in [-0.25, -0.2) is 0 Å². The van der Waals surface area contributed by atoms with Crippen LogP contribution >= 0.6 is 0 Å². The van der Waals surface area contributed by atoms with E-state index in [0.717, 1.165) is 0 Å². The molecule has 0 aromatic heterocycles. The van der Waals surface area contributed by atoms with Gasteiger partial charge in [0.05, 0.1) is 0 Å². The van der Waals surface area contributed by atoms with E-state index in [9.17, 15) is 0 Å². The van der Waals surface area contributed by atoms with Crippen LogP contribution in [-0.2, 0) is 35.0 Å². The molecule has 0 amide bonds. The first-order valence-electron chi connectivity index (χ1n) is 0. The van der Waals surface area contributed by atoms with Crippen molar-refractivity contribution in [1.29, 1.82) is 0 Å². The van der Waals surface area contributed by atoms with Crippen LogP contribution in [0.15, 0.2) is 0 Å². The van der Waals surface area contributed by atoms with Gasteiger partial charge in [0.1, 0.15) is 0 Å². The summed E-state index contributed by atoms with van der Waals surface area (Å²) in [6.45, 7) is 0. The van der Waals surface area contributed by atoms with E-state index in [1.165, 1.54) is 0 Å². The van der Waals surface area contributed by atoms with Crippen LogP contribution in [0.5, 0.6) is 0 Å². The van der Waals surface area contributed by atoms with Crippen molar-refractivity contribution in [3.63, 3.8) is 0 Å². The van der Waals surface area contributed by atoms with Crippen LogP contribution in [0, 0.1) is 0 Å². The van der Waals surface area contributed by atoms with E-state index in [1.807, 2.05) is 0 Å². The minimum atomic E-state index is 0. The molecule has 4 heteroatoms. The van der Waals surface area contributed by atoms with Gasteiger partial charge in [0.2, 0.25) is 0 Å². The Morgan fingerprint density at radius 3 is 0.500 bits per heavy atom. The van der Waals surface area contributed by atoms with Crippen molar-refractivity contribution in [2.45, 2.75) is 0 Å². The van der Waals surface area contributed by atoms with Gasteiger partial charge in [0, 0.05) is 0 Å². The Kier molecular flexibility index (Phi) is 6060. The first-order valence-corrected chi connectivity index (χ1v) is 0. The van der Waals surface area contributed by atoms with Gasteiger partial charge in [0.25, 0.3) is 0 Å². The normalized spacial score (nSPS) is 0. The summed E-state index contributed by atoms with van der Waals surface area (Å²) < 4.78 is 0. The summed E-state index contributed by atoms with van der Waals surface area (Å²) in [5, 5.41) is 0. The van der Waals surface area contributed by atoms with Gasteiger partial charge in [0.15, 0.2) is 0 Å². The van der Waals surface area contributed by atoms with E-state index in [-0.39, 0.29) is 35.0 Å². The van der Waals surface area contributed by atoms with Gasteiger partial charge in [-0.15, -0.1) is 0 Å². The molecule has 0 radical (unpaired) electrons. The molecule has 0 heterocycles. The second-order valence-corrected chi connectivity index (χ2v) is 0. The molecule has 0 spiro atoms. The van der Waals surface area contributed by atoms with Crippen molar-refractivity contribution in [3.8, 4) is 0 Å². The molecule has 4 heavy (non-hydrogen) atoms. The maximum absolute atomic E-state index is 0. The van der Waals surface area contributed by atoms with Gasteiger partial charge < -0.3 is 16.4 Å². The Morgan fingerprint density at radius 1 is 0.500 bits per heavy atom. The van der Waals surface area contributed by atoms with Crippen LogP contribution in [0.1, 0.15) is 0 Å². The molecule has 0 atom stereocenters. The fraction of sp³-hybridized carbons (Fsp3) is 0. The number of hydrogen-bond donors (Lipinski definition) is 0. The summed E-state index contributed by atoms with van der Waals surface area (Å²) in [6.07, 6.45) is 0. The van der Waals surface area contributed by atoms with E-state index in [2.05, 4.69) is 0 Å². The standard InChI is InChI=1S/3O.V/q3*-2;+6. The van der Waals surface area contributed by atoms with Crippen LogP contribution in [0.2, 0.25) is 0 Å². The largest absolute Gasteiger partial charge is 6.00 e. The van der Waals surface area contributed by atoms with Crippen LogP contribution in [0.4, 0.5) is 0 Å². The van der Waals surface area contributed by atoms with Gasteiger partial charge in [-0.2, -0.15) is 0 Å². The molecule has 0 aliphatic carbocycles. The summed E-state index contributed by atoms with van der Waals surface area (Å²) in [7, 11) is 0. The molecule has 0 fully saturated rings. The summed E-state index contributed by atoms with van der Waals surface area (Å²) in [5.41, 5.74) is 0. The van der Waals surface area contributed by atoms with Gasteiger partial charge in [-0.05, 0) is 0 Å². The van der Waals surface area contributed by atoms with Crippen LogP contribution in [-0.4, -0.2) is 0 Å². The Bertz CT molecular complexity index is 3.25. The van der Waals surface area contributed by atoms with Crippen molar-refractivity contribution >= 4 is 0 Å². The van der Waals surface area contributed by atoms with Crippen molar-refractivity contribution in [3.05, 3.63) is 0 Å². The molecule has 0 aliphatic heterocycles. The smallest absolute Gasteiger partial charge is 2.00 e. The SMILES string of the molecule is [O-2].[O-2].[O-2].[V+6]. The molecular formula is O3V. The number of rotatable bonds is 0. The fourth-order valence-electron chi connectivity index (χ4n) is 0. The molecule has 0 N–H and O–H groups in total. The maximum atomic E-state index is 0. The third kappa shape index (κ3) is 24.5. The second kappa shape index (κ2) is 97.6. The van der Waals surface area contributed by atoms with Gasteiger partial charge >= 0.3 is 18.6 Å². The van der Waals surface area contributed by atoms with E-state index < -0.39 is 0 Å². The van der Waals surface area contributed by atoms with Gasteiger partial charge in [-0.1, -0.05) is 0 Å². The Labute approximate surface area is 35.8 Å². The van der Waals surface area contributed by atoms with Crippen molar-refractivity contribution < 1.29 is 35.0 Å². The predicted octanol–water partition coefficient (Wildman–Crippen LogP) is -0.359. The maximum Gasteiger partial charge on any atom is 6.00 e. The Balaban J connectivity index is 0. The summed E-state index contributed by atoms with van der Waals surface area (Å²) >= 11 is 0. The molecular weight excluding hydrogens is 98.9 g/mol. The van der Waals surface area contributed by atoms with Crippen molar-refractivity contribution in [2.75, 3.05) is 0 Å². The molecule has 0 saturated carbocycles. The molecule has 0 unspecified atom stereocenters. The van der Waals surface area contributed by atoms with Gasteiger partial charge in [-0.3, -0.25) is 0 Å². The Hall–Kier alpha value is 0.464. The zero-order valence-corrected chi connectivity index (χ0v) is 3.07. The zero-order valence-electron chi connectivity index (χ0n) is 1.67. The van der Waals surface area contributed by atoms with E-state index in [0.29, 0.717) is 0 Å². The average molecular weight is 98.9 g/mol. The van der Waals surface area contributed by atoms with Crippen LogP contribution in [0.3, 0.4) is 0 Å². The molecule has 0 aliphatic rings. The topological polar surface area (TPSA) is 85.5 Å². The Morgan fingerprint density at radius 2 is 0.500 bits per heavy atom. The second-order valence-electron chi connectivity index (χ2n) is 0. The third-order valence-electron chi connectivity index (χ3n) is 0. The molecule has 0 aromatic rings. The molecule has 0 bridgehead atoms. The monoisotopic (exact) mass is 98.9 g/mol. The summed E-state index contributed by atoms with van der Waals surface area (Å²) in [4.78, 5) is 0. The molecule has 3 nitrogen and oxygen atoms in total. The molecule has 0 saturated heterocycles. The average Bonchev–Trinajstić information content (AvgIpc) is 0. The fourth-order valence-corrected chi connectivity index (χ4v) is 0. The number of hydrogen-bond acceptors (Lipinski definition) is 0. The summed E-state index contributed by atoms with van der Waals surface area (Å²) in [5.74, 6) is 0.